The number of hydrogen-bond acceptors (Lipinski definition) is 0. The number of unbranched alkanes of at least 4 members (excludes halogenated alkanes) is 1. The van der Waals surface area contributed by atoms with Crippen LogP contribution >= 0.6 is 0 Å². The molecule has 0 bridgehead atoms. The van der Waals surface area contributed by atoms with E-state index in [1.165, 1.54) is 32.1 Å². The van der Waals surface area contributed by atoms with Gasteiger partial charge in [-0.25, -0.2) is 0 Å². The molecule has 0 spiro atoms. The Hall–Kier alpha value is 0. The van der Waals surface area contributed by atoms with Crippen molar-refractivity contribution in [3.63, 3.8) is 0 Å². The van der Waals surface area contributed by atoms with E-state index >= 15 is 0 Å². The van der Waals surface area contributed by atoms with E-state index in [0.29, 0.717) is 5.41 Å². The molecule has 0 radical (unpaired) electrons. The van der Waals surface area contributed by atoms with Gasteiger partial charge in [-0.3, -0.25) is 0 Å². The standard InChI is InChI=1S/C10H22/c1-5-8-9-10(4,6-2)7-3/h5-9H2,1-4H3. The summed E-state index contributed by atoms with van der Waals surface area (Å²) in [6.45, 7) is 9.28. The molecule has 0 heterocycles. The van der Waals surface area contributed by atoms with Crippen LogP contribution in [0.4, 0.5) is 0 Å². The maximum Gasteiger partial charge on any atom is -0.0331 e. The molecule has 0 amide bonds. The number of rotatable bonds is 5. The zero-order chi connectivity index (χ0) is 8.04. The normalized spacial score (nSPS) is 12.0. The fraction of sp³-hybridized carbons (Fsp3) is 1.00. The summed E-state index contributed by atoms with van der Waals surface area (Å²) in [6.07, 6.45) is 6.83. The lowest BCUT2D eigenvalue weighted by Crippen LogP contribution is -2.12. The molecule has 10 heavy (non-hydrogen) atoms. The Morgan fingerprint density at radius 2 is 1.50 bits per heavy atom. The molecule has 0 heteroatoms. The van der Waals surface area contributed by atoms with Crippen molar-refractivity contribution in [1.82, 2.24) is 0 Å². The van der Waals surface area contributed by atoms with Crippen molar-refractivity contribution in [1.29, 1.82) is 0 Å². The molecule has 0 aromatic rings. The fourth-order valence-corrected chi connectivity index (χ4v) is 1.21. The second-order valence-electron chi connectivity index (χ2n) is 3.62. The van der Waals surface area contributed by atoms with Gasteiger partial charge in [0.15, 0.2) is 0 Å². The third-order valence-electron chi connectivity index (χ3n) is 2.84. The highest BCUT2D eigenvalue weighted by Crippen LogP contribution is 2.31. The van der Waals surface area contributed by atoms with Crippen LogP contribution in [0.3, 0.4) is 0 Å². The van der Waals surface area contributed by atoms with Crippen LogP contribution in [0.25, 0.3) is 0 Å². The lowest BCUT2D eigenvalue weighted by Gasteiger charge is -2.26. The lowest BCUT2D eigenvalue weighted by molar-refractivity contribution is 0.265. The van der Waals surface area contributed by atoms with Crippen LogP contribution in [0, 0.1) is 5.41 Å². The molecular weight excluding hydrogens is 120 g/mol. The summed E-state index contributed by atoms with van der Waals surface area (Å²) >= 11 is 0. The van der Waals surface area contributed by atoms with Gasteiger partial charge in [-0.2, -0.15) is 0 Å². The van der Waals surface area contributed by atoms with Gasteiger partial charge in [0.25, 0.3) is 0 Å². The first-order valence-corrected chi connectivity index (χ1v) is 4.68. The second kappa shape index (κ2) is 4.76. The summed E-state index contributed by atoms with van der Waals surface area (Å²) < 4.78 is 0. The minimum atomic E-state index is 0.635. The van der Waals surface area contributed by atoms with Crippen molar-refractivity contribution in [3.8, 4) is 0 Å². The Labute approximate surface area is 66.0 Å². The molecule has 0 aliphatic rings. The van der Waals surface area contributed by atoms with E-state index in [9.17, 15) is 0 Å². The van der Waals surface area contributed by atoms with Gasteiger partial charge >= 0.3 is 0 Å². The summed E-state index contributed by atoms with van der Waals surface area (Å²) in [5.74, 6) is 0. The average Bonchev–Trinajstić information content (AvgIpc) is 2.00. The predicted molar refractivity (Wildman–Crippen MR) is 48.2 cm³/mol. The molecule has 0 rings (SSSR count). The molecule has 0 aromatic carbocycles. The Balaban J connectivity index is 3.58. The van der Waals surface area contributed by atoms with Gasteiger partial charge in [-0.1, -0.05) is 53.4 Å². The van der Waals surface area contributed by atoms with Gasteiger partial charge < -0.3 is 0 Å². The summed E-state index contributed by atoms with van der Waals surface area (Å²) in [6, 6.07) is 0. The van der Waals surface area contributed by atoms with E-state index in [0.717, 1.165) is 0 Å². The zero-order valence-electron chi connectivity index (χ0n) is 8.04. The Morgan fingerprint density at radius 3 is 1.80 bits per heavy atom. The van der Waals surface area contributed by atoms with Crippen molar-refractivity contribution >= 4 is 0 Å². The van der Waals surface area contributed by atoms with Gasteiger partial charge in [-0.05, 0) is 11.8 Å². The minimum absolute atomic E-state index is 0.635. The van der Waals surface area contributed by atoms with Gasteiger partial charge in [0.05, 0.1) is 0 Å². The minimum Gasteiger partial charge on any atom is -0.0654 e. The molecule has 0 fully saturated rings. The van der Waals surface area contributed by atoms with E-state index < -0.39 is 0 Å². The molecule has 0 saturated heterocycles. The van der Waals surface area contributed by atoms with E-state index in [4.69, 9.17) is 0 Å². The summed E-state index contributed by atoms with van der Waals surface area (Å²) in [4.78, 5) is 0. The topological polar surface area (TPSA) is 0 Å². The van der Waals surface area contributed by atoms with Crippen LogP contribution in [0.2, 0.25) is 0 Å². The largest absolute Gasteiger partial charge is 0.0654 e. The highest BCUT2D eigenvalue weighted by molar-refractivity contribution is 4.69. The monoisotopic (exact) mass is 142 g/mol. The Morgan fingerprint density at radius 1 is 1.00 bits per heavy atom. The summed E-state index contributed by atoms with van der Waals surface area (Å²) in [5.41, 5.74) is 0.635. The second-order valence-corrected chi connectivity index (χ2v) is 3.62. The predicted octanol–water partition coefficient (Wildman–Crippen LogP) is 4.00. The van der Waals surface area contributed by atoms with Crippen molar-refractivity contribution < 1.29 is 0 Å². The van der Waals surface area contributed by atoms with Crippen molar-refractivity contribution in [2.45, 2.75) is 59.8 Å². The van der Waals surface area contributed by atoms with Crippen LogP contribution in [0.5, 0.6) is 0 Å². The van der Waals surface area contributed by atoms with Crippen LogP contribution in [-0.2, 0) is 0 Å². The fourth-order valence-electron chi connectivity index (χ4n) is 1.21. The van der Waals surface area contributed by atoms with Crippen molar-refractivity contribution in [2.75, 3.05) is 0 Å². The first-order chi connectivity index (χ1) is 4.68. The molecule has 0 aliphatic carbocycles. The van der Waals surface area contributed by atoms with E-state index in [-0.39, 0.29) is 0 Å². The molecule has 0 N–H and O–H groups in total. The molecule has 0 saturated carbocycles. The van der Waals surface area contributed by atoms with Crippen LogP contribution in [-0.4, -0.2) is 0 Å². The number of hydrogen-bond donors (Lipinski definition) is 0. The molecular formula is C10H22. The van der Waals surface area contributed by atoms with Crippen LogP contribution in [0.1, 0.15) is 59.8 Å². The van der Waals surface area contributed by atoms with Crippen molar-refractivity contribution in [2.24, 2.45) is 5.41 Å². The molecule has 0 unspecified atom stereocenters. The van der Waals surface area contributed by atoms with Gasteiger partial charge in [0.2, 0.25) is 0 Å². The van der Waals surface area contributed by atoms with E-state index in [1.54, 1.807) is 0 Å². The molecule has 0 aliphatic heterocycles. The average molecular weight is 142 g/mol. The third-order valence-corrected chi connectivity index (χ3v) is 2.84. The van der Waals surface area contributed by atoms with E-state index in [1.807, 2.05) is 0 Å². The zero-order valence-corrected chi connectivity index (χ0v) is 8.04. The maximum atomic E-state index is 2.41. The first-order valence-electron chi connectivity index (χ1n) is 4.68. The Bertz CT molecular complexity index is 70.1. The summed E-state index contributed by atoms with van der Waals surface area (Å²) in [5, 5.41) is 0. The van der Waals surface area contributed by atoms with E-state index in [2.05, 4.69) is 27.7 Å². The molecule has 62 valence electrons. The highest BCUT2D eigenvalue weighted by Gasteiger charge is 2.17. The maximum absolute atomic E-state index is 2.41. The van der Waals surface area contributed by atoms with Crippen molar-refractivity contribution in [3.05, 3.63) is 0 Å². The molecule has 0 aromatic heterocycles. The van der Waals surface area contributed by atoms with Crippen LogP contribution in [0.15, 0.2) is 0 Å². The Kier molecular flexibility index (Phi) is 4.76. The van der Waals surface area contributed by atoms with Crippen LogP contribution < -0.4 is 0 Å². The lowest BCUT2D eigenvalue weighted by atomic mass is 9.80. The molecule has 0 nitrogen and oxygen atoms in total. The quantitative estimate of drug-likeness (QED) is 0.544. The third kappa shape index (κ3) is 3.24. The van der Waals surface area contributed by atoms with Gasteiger partial charge in [-0.15, -0.1) is 0 Å². The SMILES string of the molecule is CCCCC(C)(CC)CC. The summed E-state index contributed by atoms with van der Waals surface area (Å²) in [7, 11) is 0. The van der Waals surface area contributed by atoms with Gasteiger partial charge in [0, 0.05) is 0 Å². The van der Waals surface area contributed by atoms with Gasteiger partial charge in [0.1, 0.15) is 0 Å². The molecule has 0 atom stereocenters. The smallest absolute Gasteiger partial charge is 0.0331 e. The first kappa shape index (κ1) is 10.0. The highest BCUT2D eigenvalue weighted by atomic mass is 14.2.